The maximum absolute atomic E-state index is 12.3. The number of anilines is 1. The number of rotatable bonds is 5. The summed E-state index contributed by atoms with van der Waals surface area (Å²) < 4.78 is 0. The molecule has 26 heavy (non-hydrogen) atoms. The first-order chi connectivity index (χ1) is 12.3. The van der Waals surface area contributed by atoms with Gasteiger partial charge in [-0.15, -0.1) is 0 Å². The second kappa shape index (κ2) is 8.99. The molecule has 1 aliphatic heterocycles. The lowest BCUT2D eigenvalue weighted by atomic mass is 9.94. The molecule has 1 heterocycles. The molecule has 0 unspecified atom stereocenters. The van der Waals surface area contributed by atoms with Crippen LogP contribution in [-0.4, -0.2) is 35.3 Å². The number of hydrogen-bond donors (Lipinski definition) is 2. The van der Waals surface area contributed by atoms with Crippen molar-refractivity contribution in [1.29, 1.82) is 0 Å². The predicted molar refractivity (Wildman–Crippen MR) is 106 cm³/mol. The minimum absolute atomic E-state index is 0.108. The lowest BCUT2D eigenvalue weighted by Crippen LogP contribution is -2.46. The Morgan fingerprint density at radius 3 is 2.54 bits per heavy atom. The van der Waals surface area contributed by atoms with Crippen molar-refractivity contribution < 1.29 is 9.59 Å². The van der Waals surface area contributed by atoms with Gasteiger partial charge >= 0.3 is 0 Å². The van der Waals surface area contributed by atoms with Crippen molar-refractivity contribution in [2.45, 2.75) is 52.6 Å². The van der Waals surface area contributed by atoms with E-state index in [1.54, 1.807) is 6.08 Å². The summed E-state index contributed by atoms with van der Waals surface area (Å²) in [4.78, 5) is 26.3. The number of hydrogen-bond acceptors (Lipinski definition) is 3. The normalized spacial score (nSPS) is 16.6. The lowest BCUT2D eigenvalue weighted by molar-refractivity contribution is -0.128. The Kier molecular flexibility index (Phi) is 6.98. The van der Waals surface area contributed by atoms with E-state index in [1.165, 1.54) is 11.6 Å². The number of carbonyl (C=O) groups is 2. The van der Waals surface area contributed by atoms with E-state index in [0.29, 0.717) is 0 Å². The fourth-order valence-electron chi connectivity index (χ4n) is 3.17. The largest absolute Gasteiger partial charge is 0.351 e. The molecule has 0 spiro atoms. The van der Waals surface area contributed by atoms with Crippen molar-refractivity contribution in [2.24, 2.45) is 5.92 Å². The number of piperidine rings is 1. The average Bonchev–Trinajstić information content (AvgIpc) is 2.54. The van der Waals surface area contributed by atoms with Crippen LogP contribution in [0.4, 0.5) is 5.69 Å². The Morgan fingerprint density at radius 1 is 1.23 bits per heavy atom. The Hall–Kier alpha value is -2.14. The molecule has 5 nitrogen and oxygen atoms in total. The van der Waals surface area contributed by atoms with Gasteiger partial charge in [0.2, 0.25) is 11.8 Å². The Bertz CT molecular complexity index is 653. The van der Waals surface area contributed by atoms with Gasteiger partial charge in [-0.1, -0.05) is 18.2 Å². The third kappa shape index (κ3) is 6.64. The van der Waals surface area contributed by atoms with E-state index in [1.807, 2.05) is 45.9 Å². The summed E-state index contributed by atoms with van der Waals surface area (Å²) in [6, 6.07) is 7.95. The van der Waals surface area contributed by atoms with Gasteiger partial charge in [0, 0.05) is 23.7 Å². The number of nitrogens with one attached hydrogen (secondary N) is 2. The first-order valence-electron chi connectivity index (χ1n) is 9.34. The molecule has 1 aliphatic rings. The van der Waals surface area contributed by atoms with E-state index in [9.17, 15) is 9.59 Å². The molecular formula is C21H31N3O2. The van der Waals surface area contributed by atoms with Crippen LogP contribution < -0.4 is 10.6 Å². The van der Waals surface area contributed by atoms with Gasteiger partial charge in [-0.2, -0.15) is 0 Å². The summed E-state index contributed by atoms with van der Waals surface area (Å²) in [5.74, 6) is 0.165. The molecule has 0 aliphatic carbocycles. The molecule has 2 rings (SSSR count). The maximum atomic E-state index is 12.3. The van der Waals surface area contributed by atoms with Crippen LogP contribution in [0.3, 0.4) is 0 Å². The van der Waals surface area contributed by atoms with Crippen molar-refractivity contribution in [3.05, 3.63) is 42.0 Å². The summed E-state index contributed by atoms with van der Waals surface area (Å²) in [7, 11) is 0. The molecule has 2 N–H and O–H groups in total. The summed E-state index contributed by atoms with van der Waals surface area (Å²) >= 11 is 0. The van der Waals surface area contributed by atoms with Gasteiger partial charge in [0.05, 0.1) is 0 Å². The SMILES string of the molecule is CC=CC(=O)Nc1cccc(CN2CCC(C(=O)NC(C)(C)C)CC2)c1. The molecular weight excluding hydrogens is 326 g/mol. The van der Waals surface area contributed by atoms with Gasteiger partial charge < -0.3 is 10.6 Å². The van der Waals surface area contributed by atoms with Gasteiger partial charge in [-0.25, -0.2) is 0 Å². The van der Waals surface area contributed by atoms with Gasteiger partial charge in [0.15, 0.2) is 0 Å². The third-order valence-electron chi connectivity index (χ3n) is 4.38. The number of amides is 2. The smallest absolute Gasteiger partial charge is 0.248 e. The van der Waals surface area contributed by atoms with Crippen molar-refractivity contribution in [3.8, 4) is 0 Å². The van der Waals surface area contributed by atoms with Crippen LogP contribution in [0.5, 0.6) is 0 Å². The first-order valence-corrected chi connectivity index (χ1v) is 9.34. The lowest BCUT2D eigenvalue weighted by Gasteiger charge is -2.33. The fraction of sp³-hybridized carbons (Fsp3) is 0.524. The molecule has 0 aromatic heterocycles. The molecule has 0 radical (unpaired) electrons. The molecule has 1 saturated heterocycles. The zero-order valence-corrected chi connectivity index (χ0v) is 16.3. The van der Waals surface area contributed by atoms with Crippen molar-refractivity contribution in [3.63, 3.8) is 0 Å². The second-order valence-electron chi connectivity index (χ2n) is 7.98. The standard InChI is InChI=1S/C21H31N3O2/c1-5-7-19(25)22-18-9-6-8-16(14-18)15-24-12-10-17(11-13-24)20(26)23-21(2,3)4/h5-9,14,17H,10-13,15H2,1-4H3,(H,22,25)(H,23,26). The average molecular weight is 357 g/mol. The maximum Gasteiger partial charge on any atom is 0.248 e. The highest BCUT2D eigenvalue weighted by molar-refractivity contribution is 5.99. The Morgan fingerprint density at radius 2 is 1.92 bits per heavy atom. The van der Waals surface area contributed by atoms with Gasteiger partial charge in [-0.05, 0) is 77.4 Å². The first kappa shape index (κ1) is 20.2. The highest BCUT2D eigenvalue weighted by Crippen LogP contribution is 2.21. The van der Waals surface area contributed by atoms with E-state index in [-0.39, 0.29) is 23.3 Å². The molecule has 142 valence electrons. The second-order valence-corrected chi connectivity index (χ2v) is 7.98. The van der Waals surface area contributed by atoms with Gasteiger partial charge in [0.1, 0.15) is 0 Å². The molecule has 0 atom stereocenters. The Labute approximate surface area is 156 Å². The number of allylic oxidation sites excluding steroid dienone is 1. The van der Waals surface area contributed by atoms with E-state index < -0.39 is 0 Å². The van der Waals surface area contributed by atoms with Crippen LogP contribution in [0.25, 0.3) is 0 Å². The predicted octanol–water partition coefficient (Wildman–Crippen LogP) is 3.33. The number of nitrogens with zero attached hydrogens (tertiary/aromatic N) is 1. The summed E-state index contributed by atoms with van der Waals surface area (Å²) in [6.45, 7) is 10.5. The molecule has 5 heteroatoms. The minimum atomic E-state index is -0.175. The highest BCUT2D eigenvalue weighted by atomic mass is 16.2. The molecule has 0 saturated carbocycles. The zero-order chi connectivity index (χ0) is 19.2. The molecule has 1 aromatic carbocycles. The van der Waals surface area contributed by atoms with Crippen LogP contribution in [0.15, 0.2) is 36.4 Å². The number of likely N-dealkylation sites (tertiary alicyclic amines) is 1. The number of carbonyl (C=O) groups excluding carboxylic acids is 2. The van der Waals surface area contributed by atoms with Crippen LogP contribution in [0, 0.1) is 5.92 Å². The molecule has 1 fully saturated rings. The van der Waals surface area contributed by atoms with Crippen molar-refractivity contribution in [2.75, 3.05) is 18.4 Å². The molecule has 0 bridgehead atoms. The van der Waals surface area contributed by atoms with Crippen LogP contribution >= 0.6 is 0 Å². The van der Waals surface area contributed by atoms with E-state index in [0.717, 1.165) is 38.2 Å². The monoisotopic (exact) mass is 357 g/mol. The van der Waals surface area contributed by atoms with Crippen LogP contribution in [0.1, 0.15) is 46.1 Å². The van der Waals surface area contributed by atoms with Crippen LogP contribution in [-0.2, 0) is 16.1 Å². The van der Waals surface area contributed by atoms with Gasteiger partial charge in [-0.3, -0.25) is 14.5 Å². The summed E-state index contributed by atoms with van der Waals surface area (Å²) in [5.41, 5.74) is 1.80. The van der Waals surface area contributed by atoms with E-state index >= 15 is 0 Å². The fourth-order valence-corrected chi connectivity index (χ4v) is 3.17. The topological polar surface area (TPSA) is 61.4 Å². The third-order valence-corrected chi connectivity index (χ3v) is 4.38. The van der Waals surface area contributed by atoms with E-state index in [4.69, 9.17) is 0 Å². The van der Waals surface area contributed by atoms with Crippen molar-refractivity contribution >= 4 is 17.5 Å². The van der Waals surface area contributed by atoms with E-state index in [2.05, 4.69) is 21.6 Å². The molecule has 2 amide bonds. The number of benzene rings is 1. The van der Waals surface area contributed by atoms with Crippen LogP contribution in [0.2, 0.25) is 0 Å². The summed E-state index contributed by atoms with van der Waals surface area (Å²) in [6.07, 6.45) is 5.01. The summed E-state index contributed by atoms with van der Waals surface area (Å²) in [5, 5.41) is 5.95. The minimum Gasteiger partial charge on any atom is -0.351 e. The Balaban J connectivity index is 1.86. The highest BCUT2D eigenvalue weighted by Gasteiger charge is 2.27. The quantitative estimate of drug-likeness (QED) is 0.795. The van der Waals surface area contributed by atoms with Gasteiger partial charge in [0.25, 0.3) is 0 Å². The zero-order valence-electron chi connectivity index (χ0n) is 16.3. The van der Waals surface area contributed by atoms with Crippen molar-refractivity contribution in [1.82, 2.24) is 10.2 Å². The molecule has 1 aromatic rings.